The minimum absolute atomic E-state index is 0.196. The fourth-order valence-electron chi connectivity index (χ4n) is 1.09. The van der Waals surface area contributed by atoms with Gasteiger partial charge in [-0.25, -0.2) is 0 Å². The largest absolute Gasteiger partial charge is 0.469 e. The second kappa shape index (κ2) is 7.96. The summed E-state index contributed by atoms with van der Waals surface area (Å²) < 4.78 is 8.89. The second-order valence-corrected chi connectivity index (χ2v) is 3.13. The van der Waals surface area contributed by atoms with E-state index in [-0.39, 0.29) is 30.7 Å². The second-order valence-electron chi connectivity index (χ2n) is 3.13. The number of carbonyl (C=O) groups is 3. The van der Waals surface area contributed by atoms with Crippen molar-refractivity contribution in [3.8, 4) is 0 Å². The van der Waals surface area contributed by atoms with Crippen LogP contribution in [-0.4, -0.2) is 32.4 Å². The summed E-state index contributed by atoms with van der Waals surface area (Å²) in [4.78, 5) is 32.2. The van der Waals surface area contributed by atoms with Crippen LogP contribution in [-0.2, 0) is 23.9 Å². The van der Waals surface area contributed by atoms with Crippen molar-refractivity contribution in [2.75, 3.05) is 14.2 Å². The van der Waals surface area contributed by atoms with Crippen LogP contribution in [0.4, 0.5) is 0 Å². The summed E-state index contributed by atoms with van der Waals surface area (Å²) in [6.07, 6.45) is 1.97. The standard InChI is InChI=1S/C10H16O5/c1-14-9(12)5-3-8(7-11)4-6-10(13)15-2/h7-8H,3-6H2,1-2H3. The maximum absolute atomic E-state index is 10.8. The van der Waals surface area contributed by atoms with E-state index >= 15 is 0 Å². The van der Waals surface area contributed by atoms with Gasteiger partial charge in [0.15, 0.2) is 0 Å². The van der Waals surface area contributed by atoms with E-state index in [9.17, 15) is 14.4 Å². The molecule has 0 aliphatic carbocycles. The van der Waals surface area contributed by atoms with Crippen LogP contribution in [0.1, 0.15) is 25.7 Å². The number of rotatable bonds is 7. The van der Waals surface area contributed by atoms with Crippen molar-refractivity contribution in [3.05, 3.63) is 0 Å². The zero-order valence-corrected chi connectivity index (χ0v) is 9.02. The molecular weight excluding hydrogens is 200 g/mol. The third kappa shape index (κ3) is 6.65. The van der Waals surface area contributed by atoms with Crippen molar-refractivity contribution in [3.63, 3.8) is 0 Å². The Labute approximate surface area is 88.7 Å². The Morgan fingerprint density at radius 1 is 1.07 bits per heavy atom. The smallest absolute Gasteiger partial charge is 0.305 e. The fraction of sp³-hybridized carbons (Fsp3) is 0.700. The summed E-state index contributed by atoms with van der Waals surface area (Å²) in [7, 11) is 2.60. The van der Waals surface area contributed by atoms with Gasteiger partial charge in [-0.2, -0.15) is 0 Å². The molecule has 0 rings (SSSR count). The number of aldehydes is 1. The fourth-order valence-corrected chi connectivity index (χ4v) is 1.09. The summed E-state index contributed by atoms with van der Waals surface area (Å²) >= 11 is 0. The maximum atomic E-state index is 10.8. The molecule has 0 N–H and O–H groups in total. The van der Waals surface area contributed by atoms with Crippen LogP contribution < -0.4 is 0 Å². The molecular formula is C10H16O5. The molecule has 0 saturated carbocycles. The molecule has 0 aromatic heterocycles. The van der Waals surface area contributed by atoms with Crippen molar-refractivity contribution in [1.82, 2.24) is 0 Å². The van der Waals surface area contributed by atoms with Crippen molar-refractivity contribution in [1.29, 1.82) is 0 Å². The van der Waals surface area contributed by atoms with Crippen LogP contribution in [0, 0.1) is 5.92 Å². The normalized spacial score (nSPS) is 9.80. The van der Waals surface area contributed by atoms with Gasteiger partial charge in [0.1, 0.15) is 6.29 Å². The van der Waals surface area contributed by atoms with Gasteiger partial charge in [-0.15, -0.1) is 0 Å². The molecule has 0 fully saturated rings. The molecule has 0 unspecified atom stereocenters. The summed E-state index contributed by atoms with van der Waals surface area (Å²) in [5.74, 6) is -0.983. The van der Waals surface area contributed by atoms with E-state index in [1.54, 1.807) is 0 Å². The number of hydrogen-bond donors (Lipinski definition) is 0. The van der Waals surface area contributed by atoms with Crippen molar-refractivity contribution in [2.45, 2.75) is 25.7 Å². The quantitative estimate of drug-likeness (QED) is 0.463. The Morgan fingerprint density at radius 3 is 1.73 bits per heavy atom. The Balaban J connectivity index is 3.78. The first-order chi connectivity index (χ1) is 7.13. The van der Waals surface area contributed by atoms with E-state index in [1.807, 2.05) is 0 Å². The van der Waals surface area contributed by atoms with Gasteiger partial charge in [-0.05, 0) is 12.8 Å². The molecule has 0 heterocycles. The predicted octanol–water partition coefficient (Wildman–Crippen LogP) is 0.708. The van der Waals surface area contributed by atoms with Gasteiger partial charge in [0.25, 0.3) is 0 Å². The first-order valence-corrected chi connectivity index (χ1v) is 4.73. The Hall–Kier alpha value is -1.39. The molecule has 0 aromatic carbocycles. The Kier molecular flexibility index (Phi) is 7.23. The average molecular weight is 216 g/mol. The molecule has 0 saturated heterocycles. The summed E-state index contributed by atoms with van der Waals surface area (Å²) in [5, 5.41) is 0. The summed E-state index contributed by atoms with van der Waals surface area (Å²) in [6.45, 7) is 0. The van der Waals surface area contributed by atoms with E-state index in [1.165, 1.54) is 14.2 Å². The van der Waals surface area contributed by atoms with Gasteiger partial charge in [0.05, 0.1) is 14.2 Å². The number of ether oxygens (including phenoxy) is 2. The van der Waals surface area contributed by atoms with Gasteiger partial charge < -0.3 is 14.3 Å². The van der Waals surface area contributed by atoms with Crippen LogP contribution >= 0.6 is 0 Å². The minimum atomic E-state index is -0.347. The third-order valence-corrected chi connectivity index (χ3v) is 2.09. The van der Waals surface area contributed by atoms with Crippen molar-refractivity contribution < 1.29 is 23.9 Å². The first kappa shape index (κ1) is 13.6. The lowest BCUT2D eigenvalue weighted by atomic mass is 9.99. The zero-order chi connectivity index (χ0) is 11.7. The number of methoxy groups -OCH3 is 2. The molecule has 15 heavy (non-hydrogen) atoms. The molecule has 0 aromatic rings. The highest BCUT2D eigenvalue weighted by Gasteiger charge is 2.12. The average Bonchev–Trinajstić information content (AvgIpc) is 2.28. The Morgan fingerprint density at radius 2 is 1.47 bits per heavy atom. The molecule has 0 spiro atoms. The molecule has 0 atom stereocenters. The van der Waals surface area contributed by atoms with E-state index in [0.29, 0.717) is 12.8 Å². The molecule has 0 radical (unpaired) electrons. The van der Waals surface area contributed by atoms with E-state index < -0.39 is 0 Å². The lowest BCUT2D eigenvalue weighted by Gasteiger charge is -2.07. The van der Waals surface area contributed by atoms with Crippen LogP contribution in [0.2, 0.25) is 0 Å². The lowest BCUT2D eigenvalue weighted by molar-refractivity contribution is -0.141. The van der Waals surface area contributed by atoms with Gasteiger partial charge >= 0.3 is 11.9 Å². The van der Waals surface area contributed by atoms with Gasteiger partial charge in [-0.3, -0.25) is 9.59 Å². The Bertz CT molecular complexity index is 204. The van der Waals surface area contributed by atoms with Gasteiger partial charge in [0, 0.05) is 18.8 Å². The topological polar surface area (TPSA) is 69.7 Å². The predicted molar refractivity (Wildman–Crippen MR) is 52.1 cm³/mol. The van der Waals surface area contributed by atoms with Crippen molar-refractivity contribution >= 4 is 18.2 Å². The lowest BCUT2D eigenvalue weighted by Crippen LogP contribution is -2.10. The molecule has 5 nitrogen and oxygen atoms in total. The van der Waals surface area contributed by atoms with E-state index in [2.05, 4.69) is 9.47 Å². The zero-order valence-electron chi connectivity index (χ0n) is 9.02. The maximum Gasteiger partial charge on any atom is 0.305 e. The highest BCUT2D eigenvalue weighted by Crippen LogP contribution is 2.11. The minimum Gasteiger partial charge on any atom is -0.469 e. The number of hydrogen-bond acceptors (Lipinski definition) is 5. The molecule has 5 heteroatoms. The molecule has 0 aliphatic heterocycles. The van der Waals surface area contributed by atoms with E-state index in [4.69, 9.17) is 0 Å². The van der Waals surface area contributed by atoms with Gasteiger partial charge in [0.2, 0.25) is 0 Å². The van der Waals surface area contributed by atoms with Gasteiger partial charge in [-0.1, -0.05) is 0 Å². The van der Waals surface area contributed by atoms with Crippen molar-refractivity contribution in [2.24, 2.45) is 5.92 Å². The van der Waals surface area contributed by atoms with E-state index in [0.717, 1.165) is 6.29 Å². The molecule has 0 bridgehead atoms. The number of carbonyl (C=O) groups excluding carboxylic acids is 3. The SMILES string of the molecule is COC(=O)CCC(C=O)CCC(=O)OC. The highest BCUT2D eigenvalue weighted by molar-refractivity contribution is 5.71. The first-order valence-electron chi connectivity index (χ1n) is 4.73. The summed E-state index contributed by atoms with van der Waals surface area (Å²) in [5.41, 5.74) is 0. The monoisotopic (exact) mass is 216 g/mol. The van der Waals surface area contributed by atoms with Crippen LogP contribution in [0.25, 0.3) is 0 Å². The van der Waals surface area contributed by atoms with Crippen LogP contribution in [0.15, 0.2) is 0 Å². The molecule has 86 valence electrons. The highest BCUT2D eigenvalue weighted by atomic mass is 16.5. The molecule has 0 aliphatic rings. The summed E-state index contributed by atoms with van der Waals surface area (Å²) in [6, 6.07) is 0. The third-order valence-electron chi connectivity index (χ3n) is 2.09. The number of esters is 2. The van der Waals surface area contributed by atoms with Crippen LogP contribution in [0.3, 0.4) is 0 Å². The molecule has 0 amide bonds. The van der Waals surface area contributed by atoms with Crippen LogP contribution in [0.5, 0.6) is 0 Å².